The molecule has 2 aromatic rings. The molecule has 176 valence electrons. The number of amides is 1. The second kappa shape index (κ2) is 12.9. The first kappa shape index (κ1) is 25.5. The van der Waals surface area contributed by atoms with Crippen LogP contribution < -0.4 is 14.8 Å². The SMILES string of the molecule is CCCCCOc1ccc(/C=C/C(=O)Nc2cc(C(=O)OC)ccc2C(=O)OC)cc1OC. The normalized spacial score (nSPS) is 10.5. The van der Waals surface area contributed by atoms with Crippen molar-refractivity contribution < 1.29 is 33.3 Å². The predicted molar refractivity (Wildman–Crippen MR) is 125 cm³/mol. The van der Waals surface area contributed by atoms with Crippen molar-refractivity contribution in [2.24, 2.45) is 0 Å². The van der Waals surface area contributed by atoms with E-state index in [9.17, 15) is 14.4 Å². The van der Waals surface area contributed by atoms with Crippen LogP contribution >= 0.6 is 0 Å². The Hall–Kier alpha value is -3.81. The first-order valence-electron chi connectivity index (χ1n) is 10.5. The summed E-state index contributed by atoms with van der Waals surface area (Å²) < 4.78 is 20.6. The summed E-state index contributed by atoms with van der Waals surface area (Å²) in [6.07, 6.45) is 6.08. The van der Waals surface area contributed by atoms with Crippen LogP contribution in [0.2, 0.25) is 0 Å². The zero-order chi connectivity index (χ0) is 24.2. The fourth-order valence-electron chi connectivity index (χ4n) is 2.97. The topological polar surface area (TPSA) is 100 Å². The summed E-state index contributed by atoms with van der Waals surface area (Å²) in [6, 6.07) is 9.52. The number of hydrogen-bond donors (Lipinski definition) is 1. The third-order valence-electron chi connectivity index (χ3n) is 4.72. The first-order chi connectivity index (χ1) is 15.9. The molecule has 0 heterocycles. The summed E-state index contributed by atoms with van der Waals surface area (Å²) in [7, 11) is 4.02. The molecule has 0 saturated carbocycles. The van der Waals surface area contributed by atoms with Gasteiger partial charge in [0.2, 0.25) is 5.91 Å². The van der Waals surface area contributed by atoms with Crippen LogP contribution in [0.25, 0.3) is 6.08 Å². The van der Waals surface area contributed by atoms with E-state index >= 15 is 0 Å². The second-order valence-corrected chi connectivity index (χ2v) is 7.03. The van der Waals surface area contributed by atoms with Gasteiger partial charge in [-0.15, -0.1) is 0 Å². The molecule has 0 aliphatic carbocycles. The number of carbonyl (C=O) groups is 3. The van der Waals surface area contributed by atoms with Crippen molar-refractivity contribution in [3.05, 3.63) is 59.2 Å². The van der Waals surface area contributed by atoms with Gasteiger partial charge >= 0.3 is 11.9 Å². The Morgan fingerprint density at radius 1 is 0.909 bits per heavy atom. The van der Waals surface area contributed by atoms with Gasteiger partial charge in [-0.3, -0.25) is 4.79 Å². The van der Waals surface area contributed by atoms with Gasteiger partial charge in [0.05, 0.1) is 44.8 Å². The fourth-order valence-corrected chi connectivity index (χ4v) is 2.97. The van der Waals surface area contributed by atoms with Gasteiger partial charge in [-0.1, -0.05) is 25.8 Å². The molecule has 0 spiro atoms. The molecule has 2 rings (SSSR count). The Morgan fingerprint density at radius 2 is 1.67 bits per heavy atom. The number of carbonyl (C=O) groups excluding carboxylic acids is 3. The van der Waals surface area contributed by atoms with Crippen LogP contribution in [-0.4, -0.2) is 45.8 Å². The molecule has 0 saturated heterocycles. The third kappa shape index (κ3) is 7.38. The Kier molecular flexibility index (Phi) is 9.95. The minimum absolute atomic E-state index is 0.109. The van der Waals surface area contributed by atoms with Crippen LogP contribution in [0.1, 0.15) is 52.5 Å². The summed E-state index contributed by atoms with van der Waals surface area (Å²) in [5.41, 5.74) is 1.15. The molecule has 0 aromatic heterocycles. The number of nitrogens with one attached hydrogen (secondary N) is 1. The number of methoxy groups -OCH3 is 3. The minimum Gasteiger partial charge on any atom is -0.493 e. The number of ether oxygens (including phenoxy) is 4. The zero-order valence-electron chi connectivity index (χ0n) is 19.3. The van der Waals surface area contributed by atoms with Crippen molar-refractivity contribution in [1.29, 1.82) is 0 Å². The Balaban J connectivity index is 2.15. The molecule has 0 bridgehead atoms. The summed E-state index contributed by atoms with van der Waals surface area (Å²) in [5.74, 6) is -0.544. The van der Waals surface area contributed by atoms with E-state index in [-0.39, 0.29) is 16.8 Å². The average molecular weight is 456 g/mol. The lowest BCUT2D eigenvalue weighted by Gasteiger charge is -2.11. The van der Waals surface area contributed by atoms with Crippen LogP contribution in [-0.2, 0) is 14.3 Å². The van der Waals surface area contributed by atoms with Crippen molar-refractivity contribution in [3.8, 4) is 11.5 Å². The lowest BCUT2D eigenvalue weighted by atomic mass is 10.1. The van der Waals surface area contributed by atoms with E-state index in [4.69, 9.17) is 18.9 Å². The molecule has 33 heavy (non-hydrogen) atoms. The number of hydrogen-bond acceptors (Lipinski definition) is 7. The van der Waals surface area contributed by atoms with Crippen molar-refractivity contribution >= 4 is 29.6 Å². The van der Waals surface area contributed by atoms with Crippen LogP contribution in [0.15, 0.2) is 42.5 Å². The van der Waals surface area contributed by atoms with Gasteiger partial charge in [-0.2, -0.15) is 0 Å². The van der Waals surface area contributed by atoms with Crippen LogP contribution in [0.3, 0.4) is 0 Å². The quantitative estimate of drug-likeness (QED) is 0.303. The molecular formula is C25H29NO7. The fraction of sp³-hybridized carbons (Fsp3) is 0.320. The molecule has 0 aliphatic heterocycles. The highest BCUT2D eigenvalue weighted by atomic mass is 16.5. The standard InChI is InChI=1S/C25H29NO7/c1-5-6-7-14-33-21-12-8-17(15-22(21)30-2)9-13-23(27)26-20-16-18(24(28)31-3)10-11-19(20)25(29)32-4/h8-13,15-16H,5-7,14H2,1-4H3,(H,26,27)/b13-9+. The summed E-state index contributed by atoms with van der Waals surface area (Å²) in [5, 5.41) is 2.60. The van der Waals surface area contributed by atoms with Crippen molar-refractivity contribution in [2.75, 3.05) is 33.3 Å². The number of benzene rings is 2. The van der Waals surface area contributed by atoms with Crippen LogP contribution in [0, 0.1) is 0 Å². The van der Waals surface area contributed by atoms with Gasteiger partial charge in [0, 0.05) is 6.08 Å². The van der Waals surface area contributed by atoms with Crippen molar-refractivity contribution in [3.63, 3.8) is 0 Å². The maximum atomic E-state index is 12.5. The van der Waals surface area contributed by atoms with Gasteiger partial charge in [0.1, 0.15) is 0 Å². The van der Waals surface area contributed by atoms with E-state index in [0.29, 0.717) is 18.1 Å². The predicted octanol–water partition coefficient (Wildman–Crippen LogP) is 4.49. The van der Waals surface area contributed by atoms with E-state index in [1.165, 1.54) is 38.5 Å². The largest absolute Gasteiger partial charge is 0.493 e. The van der Waals surface area contributed by atoms with Crippen molar-refractivity contribution in [1.82, 2.24) is 0 Å². The number of unbranched alkanes of at least 4 members (excludes halogenated alkanes) is 2. The Labute approximate surface area is 193 Å². The summed E-state index contributed by atoms with van der Waals surface area (Å²) in [6.45, 7) is 2.74. The van der Waals surface area contributed by atoms with E-state index in [0.717, 1.165) is 24.8 Å². The van der Waals surface area contributed by atoms with E-state index in [1.807, 2.05) is 0 Å². The van der Waals surface area contributed by atoms with Gasteiger partial charge < -0.3 is 24.3 Å². The molecular weight excluding hydrogens is 426 g/mol. The number of anilines is 1. The third-order valence-corrected chi connectivity index (χ3v) is 4.72. The number of esters is 2. The summed E-state index contributed by atoms with van der Waals surface area (Å²) in [4.78, 5) is 36.3. The van der Waals surface area contributed by atoms with Gasteiger partial charge in [0.25, 0.3) is 0 Å². The maximum absolute atomic E-state index is 12.5. The molecule has 8 nitrogen and oxygen atoms in total. The lowest BCUT2D eigenvalue weighted by Crippen LogP contribution is -2.14. The number of rotatable bonds is 11. The van der Waals surface area contributed by atoms with E-state index < -0.39 is 17.8 Å². The Morgan fingerprint density at radius 3 is 2.33 bits per heavy atom. The smallest absolute Gasteiger partial charge is 0.339 e. The molecule has 1 amide bonds. The second-order valence-electron chi connectivity index (χ2n) is 7.03. The molecule has 8 heteroatoms. The zero-order valence-corrected chi connectivity index (χ0v) is 19.3. The van der Waals surface area contributed by atoms with Gasteiger partial charge in [0.15, 0.2) is 11.5 Å². The van der Waals surface area contributed by atoms with Crippen LogP contribution in [0.4, 0.5) is 5.69 Å². The lowest BCUT2D eigenvalue weighted by molar-refractivity contribution is -0.111. The molecule has 2 aromatic carbocycles. The van der Waals surface area contributed by atoms with E-state index in [1.54, 1.807) is 31.4 Å². The minimum atomic E-state index is -0.648. The van der Waals surface area contributed by atoms with Gasteiger partial charge in [-0.25, -0.2) is 9.59 Å². The van der Waals surface area contributed by atoms with E-state index in [2.05, 4.69) is 12.2 Å². The summed E-state index contributed by atoms with van der Waals surface area (Å²) >= 11 is 0. The molecule has 0 radical (unpaired) electrons. The van der Waals surface area contributed by atoms with Gasteiger partial charge in [-0.05, 0) is 48.4 Å². The van der Waals surface area contributed by atoms with Crippen molar-refractivity contribution in [2.45, 2.75) is 26.2 Å². The molecule has 0 atom stereocenters. The monoisotopic (exact) mass is 455 g/mol. The highest BCUT2D eigenvalue weighted by Crippen LogP contribution is 2.29. The maximum Gasteiger partial charge on any atom is 0.339 e. The highest BCUT2D eigenvalue weighted by Gasteiger charge is 2.16. The molecule has 0 aliphatic rings. The molecule has 1 N–H and O–H groups in total. The first-order valence-corrected chi connectivity index (χ1v) is 10.5. The molecule has 0 unspecified atom stereocenters. The molecule has 0 fully saturated rings. The highest BCUT2D eigenvalue weighted by molar-refractivity contribution is 6.07. The average Bonchev–Trinajstić information content (AvgIpc) is 2.84. The Bertz CT molecular complexity index is 1010. The van der Waals surface area contributed by atoms with Crippen LogP contribution in [0.5, 0.6) is 11.5 Å².